The minimum Gasteiger partial charge on any atom is -0.385 e. The van der Waals surface area contributed by atoms with Crippen LogP contribution in [0.2, 0.25) is 5.02 Å². The summed E-state index contributed by atoms with van der Waals surface area (Å²) in [4.78, 5) is 31.6. The van der Waals surface area contributed by atoms with Gasteiger partial charge in [0.25, 0.3) is 0 Å². The summed E-state index contributed by atoms with van der Waals surface area (Å²) in [7, 11) is 1.63. The highest BCUT2D eigenvalue weighted by Gasteiger charge is 2.36. The molecule has 0 spiro atoms. The third-order valence-corrected chi connectivity index (χ3v) is 7.69. The molecule has 5 nitrogen and oxygen atoms in total. The van der Waals surface area contributed by atoms with E-state index in [1.807, 2.05) is 43.0 Å². The van der Waals surface area contributed by atoms with Gasteiger partial charge in [-0.15, -0.1) is 22.9 Å². The van der Waals surface area contributed by atoms with Crippen molar-refractivity contribution in [1.82, 2.24) is 9.80 Å². The first kappa shape index (κ1) is 25.0. The number of amides is 2. The standard InChI is InChI=1S/C24H30Cl2N2O3S/c1-24(2,16-25)23(30)27(11-4-13-31-3)15-21(29)28-12-9-20-19(10-14-32-20)22(28)17-5-7-18(26)8-6-17/h5-8,10,14,22H,4,9,11-13,15-16H2,1-3H3. The lowest BCUT2D eigenvalue weighted by molar-refractivity contribution is -0.146. The topological polar surface area (TPSA) is 49.9 Å². The predicted molar refractivity (Wildman–Crippen MR) is 131 cm³/mol. The first-order valence-corrected chi connectivity index (χ1v) is 12.5. The molecular weight excluding hydrogens is 467 g/mol. The monoisotopic (exact) mass is 496 g/mol. The largest absolute Gasteiger partial charge is 0.385 e. The lowest BCUT2D eigenvalue weighted by Crippen LogP contribution is -2.50. The van der Waals surface area contributed by atoms with Crippen LogP contribution in [0.15, 0.2) is 35.7 Å². The first-order chi connectivity index (χ1) is 15.3. The summed E-state index contributed by atoms with van der Waals surface area (Å²) in [6.07, 6.45) is 1.47. The molecule has 0 saturated carbocycles. The number of carbonyl (C=O) groups excluding carboxylic acids is 2. The zero-order valence-electron chi connectivity index (χ0n) is 18.8. The third kappa shape index (κ3) is 5.66. The van der Waals surface area contributed by atoms with E-state index in [9.17, 15) is 9.59 Å². The smallest absolute Gasteiger partial charge is 0.242 e. The van der Waals surface area contributed by atoms with Crippen molar-refractivity contribution < 1.29 is 14.3 Å². The third-order valence-electron chi connectivity index (χ3n) is 5.77. The number of methoxy groups -OCH3 is 1. The highest BCUT2D eigenvalue weighted by Crippen LogP contribution is 2.38. The number of nitrogens with zero attached hydrogens (tertiary/aromatic N) is 2. The molecule has 32 heavy (non-hydrogen) atoms. The van der Waals surface area contributed by atoms with E-state index in [0.717, 1.165) is 17.5 Å². The average molecular weight is 497 g/mol. The zero-order valence-corrected chi connectivity index (χ0v) is 21.1. The quantitative estimate of drug-likeness (QED) is 0.362. The predicted octanol–water partition coefficient (Wildman–Crippen LogP) is 5.01. The molecular formula is C24H30Cl2N2O3S. The molecule has 1 unspecified atom stereocenters. The Morgan fingerprint density at radius 1 is 1.25 bits per heavy atom. The fourth-order valence-corrected chi connectivity index (χ4v) is 5.13. The van der Waals surface area contributed by atoms with Crippen LogP contribution < -0.4 is 0 Å². The van der Waals surface area contributed by atoms with Gasteiger partial charge in [0.05, 0.1) is 18.0 Å². The van der Waals surface area contributed by atoms with Crippen molar-refractivity contribution >= 4 is 46.4 Å². The van der Waals surface area contributed by atoms with E-state index in [0.29, 0.717) is 31.1 Å². The van der Waals surface area contributed by atoms with Crippen molar-refractivity contribution in [3.63, 3.8) is 0 Å². The van der Waals surface area contributed by atoms with Crippen molar-refractivity contribution in [2.75, 3.05) is 39.2 Å². The minimum atomic E-state index is -0.743. The van der Waals surface area contributed by atoms with Crippen LogP contribution >= 0.6 is 34.5 Å². The van der Waals surface area contributed by atoms with Crippen LogP contribution in [0, 0.1) is 5.41 Å². The first-order valence-electron chi connectivity index (χ1n) is 10.7. The Morgan fingerprint density at radius 2 is 1.97 bits per heavy atom. The van der Waals surface area contributed by atoms with Gasteiger partial charge in [-0.2, -0.15) is 0 Å². The van der Waals surface area contributed by atoms with Crippen molar-refractivity contribution in [2.24, 2.45) is 5.41 Å². The van der Waals surface area contributed by atoms with E-state index in [2.05, 4.69) is 11.4 Å². The highest BCUT2D eigenvalue weighted by atomic mass is 35.5. The Balaban J connectivity index is 1.87. The van der Waals surface area contributed by atoms with Crippen LogP contribution in [-0.4, -0.2) is 60.8 Å². The number of thiophene rings is 1. The molecule has 174 valence electrons. The number of benzene rings is 1. The molecule has 1 atom stereocenters. The van der Waals surface area contributed by atoms with Gasteiger partial charge in [0.2, 0.25) is 11.8 Å². The number of rotatable bonds is 9. The molecule has 0 bridgehead atoms. The molecule has 1 aromatic carbocycles. The average Bonchev–Trinajstić information content (AvgIpc) is 3.27. The summed E-state index contributed by atoms with van der Waals surface area (Å²) in [5.41, 5.74) is 1.42. The van der Waals surface area contributed by atoms with Gasteiger partial charge in [-0.25, -0.2) is 0 Å². The lowest BCUT2D eigenvalue weighted by atomic mass is 9.92. The molecule has 2 heterocycles. The van der Waals surface area contributed by atoms with Crippen molar-refractivity contribution in [3.8, 4) is 0 Å². The van der Waals surface area contributed by atoms with Crippen LogP contribution in [0.3, 0.4) is 0 Å². The van der Waals surface area contributed by atoms with Crippen LogP contribution in [0.5, 0.6) is 0 Å². The van der Waals surface area contributed by atoms with Gasteiger partial charge in [-0.05, 0) is 61.4 Å². The summed E-state index contributed by atoms with van der Waals surface area (Å²) in [5.74, 6) is 0.00192. The van der Waals surface area contributed by atoms with E-state index >= 15 is 0 Å². The highest BCUT2D eigenvalue weighted by molar-refractivity contribution is 7.10. The molecule has 2 aromatic rings. The maximum Gasteiger partial charge on any atom is 0.242 e. The molecule has 0 N–H and O–H groups in total. The maximum absolute atomic E-state index is 13.6. The van der Waals surface area contributed by atoms with Gasteiger partial charge in [0, 0.05) is 42.6 Å². The number of halogens is 2. The molecule has 1 aromatic heterocycles. The lowest BCUT2D eigenvalue weighted by Gasteiger charge is -2.38. The summed E-state index contributed by atoms with van der Waals surface area (Å²) >= 11 is 13.9. The summed E-state index contributed by atoms with van der Waals surface area (Å²) in [6.45, 7) is 5.22. The summed E-state index contributed by atoms with van der Waals surface area (Å²) < 4.78 is 5.15. The Bertz CT molecular complexity index is 930. The normalized spacial score (nSPS) is 16.0. The number of hydrogen-bond donors (Lipinski definition) is 0. The Hall–Kier alpha value is -1.60. The second kappa shape index (κ2) is 11.0. The number of hydrogen-bond acceptors (Lipinski definition) is 4. The molecule has 0 aliphatic carbocycles. The van der Waals surface area contributed by atoms with Gasteiger partial charge in [-0.3, -0.25) is 9.59 Å². The Morgan fingerprint density at radius 3 is 2.62 bits per heavy atom. The fourth-order valence-electron chi connectivity index (χ4n) is 3.98. The molecule has 3 rings (SSSR count). The van der Waals surface area contributed by atoms with Crippen molar-refractivity contribution in [2.45, 2.75) is 32.7 Å². The molecule has 1 aliphatic rings. The van der Waals surface area contributed by atoms with Gasteiger partial charge in [-0.1, -0.05) is 23.7 Å². The molecule has 0 radical (unpaired) electrons. The zero-order chi connectivity index (χ0) is 23.3. The number of ether oxygens (including phenoxy) is 1. The molecule has 0 saturated heterocycles. The Labute approximate surface area is 204 Å². The second-order valence-electron chi connectivity index (χ2n) is 8.68. The van der Waals surface area contributed by atoms with E-state index < -0.39 is 5.41 Å². The maximum atomic E-state index is 13.6. The molecule has 2 amide bonds. The van der Waals surface area contributed by atoms with Crippen LogP contribution in [0.25, 0.3) is 0 Å². The minimum absolute atomic E-state index is 0.0203. The van der Waals surface area contributed by atoms with Crippen molar-refractivity contribution in [1.29, 1.82) is 0 Å². The Kier molecular flexibility index (Phi) is 8.62. The fraction of sp³-hybridized carbons (Fsp3) is 0.500. The van der Waals surface area contributed by atoms with Crippen molar-refractivity contribution in [3.05, 3.63) is 56.7 Å². The van der Waals surface area contributed by atoms with Crippen LogP contribution in [0.1, 0.15) is 42.3 Å². The molecule has 1 aliphatic heterocycles. The second-order valence-corrected chi connectivity index (χ2v) is 10.4. The number of fused-ring (bicyclic) bond motifs is 1. The molecule has 0 fully saturated rings. The van der Waals surface area contributed by atoms with Gasteiger partial charge >= 0.3 is 0 Å². The number of alkyl halides is 1. The van der Waals surface area contributed by atoms with Gasteiger partial charge < -0.3 is 14.5 Å². The van der Waals surface area contributed by atoms with E-state index in [-0.39, 0.29) is 30.3 Å². The summed E-state index contributed by atoms with van der Waals surface area (Å²) in [5, 5.41) is 2.73. The van der Waals surface area contributed by atoms with Gasteiger partial charge in [0.1, 0.15) is 0 Å². The number of carbonyl (C=O) groups is 2. The van der Waals surface area contributed by atoms with E-state index in [1.165, 1.54) is 4.88 Å². The SMILES string of the molecule is COCCCN(CC(=O)N1CCc2sccc2C1c1ccc(Cl)cc1)C(=O)C(C)(C)CCl. The summed E-state index contributed by atoms with van der Waals surface area (Å²) in [6, 6.07) is 9.55. The van der Waals surface area contributed by atoms with E-state index in [4.69, 9.17) is 27.9 Å². The van der Waals surface area contributed by atoms with Crippen LogP contribution in [0.4, 0.5) is 0 Å². The van der Waals surface area contributed by atoms with E-state index in [1.54, 1.807) is 23.3 Å². The van der Waals surface area contributed by atoms with Crippen LogP contribution in [-0.2, 0) is 20.7 Å². The van der Waals surface area contributed by atoms with Gasteiger partial charge in [0.15, 0.2) is 0 Å². The molecule has 8 heteroatoms.